The van der Waals surface area contributed by atoms with Crippen LogP contribution in [0.4, 0.5) is 0 Å². The molecule has 0 spiro atoms. The fourth-order valence-electron chi connectivity index (χ4n) is 5.74. The Hall–Kier alpha value is -3.94. The van der Waals surface area contributed by atoms with Crippen molar-refractivity contribution in [2.24, 2.45) is 0 Å². The van der Waals surface area contributed by atoms with Crippen molar-refractivity contribution in [3.05, 3.63) is 178 Å². The first-order chi connectivity index (χ1) is 18.6. The van der Waals surface area contributed by atoms with E-state index in [4.69, 9.17) is 0 Å². The van der Waals surface area contributed by atoms with Crippen molar-refractivity contribution in [2.45, 2.75) is 31.2 Å². The summed E-state index contributed by atoms with van der Waals surface area (Å²) >= 11 is 0. The van der Waals surface area contributed by atoms with Crippen molar-refractivity contribution in [1.82, 2.24) is 4.90 Å². The Kier molecular flexibility index (Phi) is 8.16. The van der Waals surface area contributed by atoms with Gasteiger partial charge in [-0.25, -0.2) is 0 Å². The molecule has 0 bridgehead atoms. The summed E-state index contributed by atoms with van der Waals surface area (Å²) in [6, 6.07) is 50.8. The molecule has 0 heterocycles. The number of benzene rings is 5. The minimum atomic E-state index is -0.209. The molecule has 5 aromatic rings. The lowest BCUT2D eigenvalue weighted by Crippen LogP contribution is -2.46. The van der Waals surface area contributed by atoms with Crippen LogP contribution in [0.25, 0.3) is 0 Å². The van der Waals surface area contributed by atoms with Gasteiger partial charge in [0, 0.05) is 0 Å². The van der Waals surface area contributed by atoms with Gasteiger partial charge in [-0.15, -0.1) is 0 Å². The molecule has 1 heteroatoms. The van der Waals surface area contributed by atoms with E-state index in [0.29, 0.717) is 0 Å². The minimum absolute atomic E-state index is 0.209. The Morgan fingerprint density at radius 3 is 1.32 bits per heavy atom. The zero-order valence-corrected chi connectivity index (χ0v) is 22.6. The quantitative estimate of drug-likeness (QED) is 0.189. The van der Waals surface area contributed by atoms with Gasteiger partial charge in [0.05, 0.1) is 5.54 Å². The average molecular weight is 496 g/mol. The van der Waals surface area contributed by atoms with Crippen LogP contribution in [-0.2, 0) is 31.2 Å². The normalized spacial score (nSPS) is 11.6. The molecule has 5 aromatic carbocycles. The topological polar surface area (TPSA) is 3.24 Å². The van der Waals surface area contributed by atoms with Gasteiger partial charge in [-0.2, -0.15) is 0 Å². The first-order valence-electron chi connectivity index (χ1n) is 13.6. The summed E-state index contributed by atoms with van der Waals surface area (Å²) in [7, 11) is 4.50. The highest BCUT2D eigenvalue weighted by molar-refractivity contribution is 5.47. The van der Waals surface area contributed by atoms with Gasteiger partial charge < -0.3 is 0 Å². The first-order valence-corrected chi connectivity index (χ1v) is 13.6. The smallest absolute Gasteiger partial charge is 0.0539 e. The fraction of sp³-hybridized carbons (Fsp3) is 0.189. The SMILES string of the molecule is CN(C)C(Cc1ccccc1)(Cc1ccccc1)c1cccc(Cc2ccccc2)c1Cc1ccccc1. The van der Waals surface area contributed by atoms with Gasteiger partial charge in [-0.05, 0) is 78.7 Å². The largest absolute Gasteiger partial charge is 0.299 e. The summed E-state index contributed by atoms with van der Waals surface area (Å²) in [5, 5.41) is 0. The van der Waals surface area contributed by atoms with Crippen LogP contribution in [0.15, 0.2) is 140 Å². The number of hydrogen-bond donors (Lipinski definition) is 0. The molecule has 0 fully saturated rings. The second-order valence-corrected chi connectivity index (χ2v) is 10.5. The van der Waals surface area contributed by atoms with Crippen molar-refractivity contribution in [3.63, 3.8) is 0 Å². The minimum Gasteiger partial charge on any atom is -0.299 e. The molecule has 38 heavy (non-hydrogen) atoms. The predicted octanol–water partition coefficient (Wildman–Crippen LogP) is 8.11. The maximum Gasteiger partial charge on any atom is 0.0539 e. The Morgan fingerprint density at radius 1 is 0.447 bits per heavy atom. The van der Waals surface area contributed by atoms with Gasteiger partial charge in [-0.3, -0.25) is 4.90 Å². The van der Waals surface area contributed by atoms with Crippen LogP contribution < -0.4 is 0 Å². The van der Waals surface area contributed by atoms with Gasteiger partial charge in [0.15, 0.2) is 0 Å². The molecule has 0 aromatic heterocycles. The van der Waals surface area contributed by atoms with Crippen molar-refractivity contribution >= 4 is 0 Å². The molecule has 0 radical (unpaired) electrons. The van der Waals surface area contributed by atoms with Crippen LogP contribution in [0.1, 0.15) is 38.9 Å². The lowest BCUT2D eigenvalue weighted by atomic mass is 9.74. The van der Waals surface area contributed by atoms with Crippen molar-refractivity contribution in [2.75, 3.05) is 14.1 Å². The molecule has 1 nitrogen and oxygen atoms in total. The summed E-state index contributed by atoms with van der Waals surface area (Å²) in [4.78, 5) is 2.46. The van der Waals surface area contributed by atoms with E-state index in [2.05, 4.69) is 159 Å². The molecular formula is C37H37N. The predicted molar refractivity (Wildman–Crippen MR) is 161 cm³/mol. The maximum atomic E-state index is 2.46. The van der Waals surface area contributed by atoms with Crippen LogP contribution in [0.3, 0.4) is 0 Å². The molecule has 0 aliphatic rings. The van der Waals surface area contributed by atoms with E-state index in [-0.39, 0.29) is 5.54 Å². The van der Waals surface area contributed by atoms with E-state index in [1.165, 1.54) is 38.9 Å². The third kappa shape index (κ3) is 5.96. The molecule has 0 unspecified atom stereocenters. The lowest BCUT2D eigenvalue weighted by Gasteiger charge is -2.43. The zero-order chi connectivity index (χ0) is 26.2. The Labute approximate surface area is 228 Å². The van der Waals surface area contributed by atoms with E-state index in [0.717, 1.165) is 25.7 Å². The second kappa shape index (κ2) is 12.1. The number of hydrogen-bond acceptors (Lipinski definition) is 1. The molecule has 0 saturated heterocycles. The van der Waals surface area contributed by atoms with Gasteiger partial charge >= 0.3 is 0 Å². The van der Waals surface area contributed by atoms with E-state index < -0.39 is 0 Å². The molecular weight excluding hydrogens is 458 g/mol. The Balaban J connectivity index is 1.70. The number of likely N-dealkylation sites (N-methyl/N-ethyl adjacent to an activating group) is 1. The van der Waals surface area contributed by atoms with Gasteiger partial charge in [0.1, 0.15) is 0 Å². The van der Waals surface area contributed by atoms with Crippen LogP contribution in [0.5, 0.6) is 0 Å². The highest BCUT2D eigenvalue weighted by Gasteiger charge is 2.37. The van der Waals surface area contributed by atoms with Crippen molar-refractivity contribution < 1.29 is 0 Å². The second-order valence-electron chi connectivity index (χ2n) is 10.5. The third-order valence-corrected chi connectivity index (χ3v) is 7.77. The molecule has 0 N–H and O–H groups in total. The Bertz CT molecular complexity index is 1370. The third-order valence-electron chi connectivity index (χ3n) is 7.77. The first kappa shape index (κ1) is 25.7. The molecule has 0 saturated carbocycles. The van der Waals surface area contributed by atoms with Gasteiger partial charge in [0.2, 0.25) is 0 Å². The van der Waals surface area contributed by atoms with E-state index >= 15 is 0 Å². The highest BCUT2D eigenvalue weighted by Crippen LogP contribution is 2.39. The average Bonchev–Trinajstić information content (AvgIpc) is 2.96. The van der Waals surface area contributed by atoms with E-state index in [9.17, 15) is 0 Å². The van der Waals surface area contributed by atoms with Crippen LogP contribution >= 0.6 is 0 Å². The molecule has 0 amide bonds. The summed E-state index contributed by atoms with van der Waals surface area (Å²) in [6.45, 7) is 0. The maximum absolute atomic E-state index is 2.46. The van der Waals surface area contributed by atoms with Gasteiger partial charge in [-0.1, -0.05) is 140 Å². The van der Waals surface area contributed by atoms with E-state index in [1.54, 1.807) is 0 Å². The van der Waals surface area contributed by atoms with Crippen molar-refractivity contribution in [1.29, 1.82) is 0 Å². The lowest BCUT2D eigenvalue weighted by molar-refractivity contribution is 0.148. The molecule has 0 aliphatic carbocycles. The van der Waals surface area contributed by atoms with E-state index in [1.807, 2.05) is 0 Å². The monoisotopic (exact) mass is 495 g/mol. The molecule has 0 atom stereocenters. The number of rotatable bonds is 10. The molecule has 0 aliphatic heterocycles. The van der Waals surface area contributed by atoms with Crippen LogP contribution in [-0.4, -0.2) is 19.0 Å². The molecule has 190 valence electrons. The zero-order valence-electron chi connectivity index (χ0n) is 22.6. The highest BCUT2D eigenvalue weighted by atomic mass is 15.1. The van der Waals surface area contributed by atoms with Gasteiger partial charge in [0.25, 0.3) is 0 Å². The summed E-state index contributed by atoms with van der Waals surface area (Å²) in [5.41, 5.74) is 9.48. The van der Waals surface area contributed by atoms with Crippen LogP contribution in [0.2, 0.25) is 0 Å². The fourth-order valence-corrected chi connectivity index (χ4v) is 5.74. The Morgan fingerprint density at radius 2 is 0.868 bits per heavy atom. The summed E-state index contributed by atoms with van der Waals surface area (Å²) in [6.07, 6.45) is 3.72. The van der Waals surface area contributed by atoms with Crippen molar-refractivity contribution in [3.8, 4) is 0 Å². The molecule has 5 rings (SSSR count). The summed E-state index contributed by atoms with van der Waals surface area (Å²) < 4.78 is 0. The summed E-state index contributed by atoms with van der Waals surface area (Å²) in [5.74, 6) is 0. The number of nitrogens with zero attached hydrogens (tertiary/aromatic N) is 1. The standard InChI is InChI=1S/C37H37N/c1-38(2)37(28-32-20-11-5-12-21-32,29-33-22-13-6-14-23-33)36-25-15-24-34(26-30-16-7-3-8-17-30)35(36)27-31-18-9-4-10-19-31/h3-25H,26-29H2,1-2H3. The van der Waals surface area contributed by atoms with Crippen LogP contribution in [0, 0.1) is 0 Å².